The summed E-state index contributed by atoms with van der Waals surface area (Å²) in [6, 6.07) is 20.6. The van der Waals surface area contributed by atoms with E-state index >= 15 is 0 Å². The van der Waals surface area contributed by atoms with Gasteiger partial charge in [0.05, 0.1) is 35.6 Å². The zero-order valence-corrected chi connectivity index (χ0v) is 20.2. The zero-order valence-electron chi connectivity index (χ0n) is 19.4. The molecule has 0 saturated carbocycles. The van der Waals surface area contributed by atoms with E-state index in [1.54, 1.807) is 30.6 Å². The first-order valence-corrected chi connectivity index (χ1v) is 11.8. The number of aromatic carboxylic acids is 1. The number of nitrogens with zero attached hydrogens (tertiary/aromatic N) is 4. The van der Waals surface area contributed by atoms with Crippen molar-refractivity contribution in [3.05, 3.63) is 113 Å². The number of pyridine rings is 2. The molecular weight excluding hydrogens is 458 g/mol. The van der Waals surface area contributed by atoms with Crippen molar-refractivity contribution in [2.24, 2.45) is 0 Å². The van der Waals surface area contributed by atoms with Gasteiger partial charge in [-0.1, -0.05) is 18.2 Å². The molecule has 1 aliphatic rings. The Morgan fingerprint density at radius 1 is 1.03 bits per heavy atom. The number of thiocarbonyl (C=S) groups is 1. The van der Waals surface area contributed by atoms with E-state index in [0.29, 0.717) is 11.7 Å². The van der Waals surface area contributed by atoms with Gasteiger partial charge in [-0.25, -0.2) is 4.79 Å². The van der Waals surface area contributed by atoms with Gasteiger partial charge < -0.3 is 19.9 Å². The van der Waals surface area contributed by atoms with Gasteiger partial charge in [-0.3, -0.25) is 9.97 Å². The SMILES string of the molecule is Cc1cc([C@@H]2[C@H](c3ccccn3)NC(=S)N2Cc2ccccn2)c(C)n1-c1cccc(C(=O)O)c1. The second-order valence-electron chi connectivity index (χ2n) is 8.59. The third kappa shape index (κ3) is 4.28. The Labute approximate surface area is 209 Å². The Morgan fingerprint density at radius 3 is 2.49 bits per heavy atom. The molecule has 1 fully saturated rings. The molecule has 4 aromatic rings. The Morgan fingerprint density at radius 2 is 1.80 bits per heavy atom. The van der Waals surface area contributed by atoms with Gasteiger partial charge in [0, 0.05) is 29.5 Å². The average Bonchev–Trinajstić information content (AvgIpc) is 3.35. The van der Waals surface area contributed by atoms with E-state index in [0.717, 1.165) is 34.0 Å². The Hall–Kier alpha value is -4.04. The quantitative estimate of drug-likeness (QED) is 0.383. The van der Waals surface area contributed by atoms with Crippen molar-refractivity contribution in [1.29, 1.82) is 0 Å². The molecule has 3 aromatic heterocycles. The van der Waals surface area contributed by atoms with Crippen LogP contribution in [-0.2, 0) is 6.54 Å². The van der Waals surface area contributed by atoms with E-state index < -0.39 is 5.97 Å². The number of aryl methyl sites for hydroxylation is 1. The smallest absolute Gasteiger partial charge is 0.335 e. The van der Waals surface area contributed by atoms with E-state index in [1.807, 2.05) is 49.4 Å². The number of aromatic nitrogens is 3. The van der Waals surface area contributed by atoms with Crippen LogP contribution in [0.3, 0.4) is 0 Å². The van der Waals surface area contributed by atoms with Gasteiger partial charge in [0.2, 0.25) is 0 Å². The number of carboxylic acid groups (broad SMARTS) is 1. The second kappa shape index (κ2) is 9.31. The monoisotopic (exact) mass is 483 g/mol. The molecule has 4 heterocycles. The van der Waals surface area contributed by atoms with Crippen LogP contribution >= 0.6 is 12.2 Å². The van der Waals surface area contributed by atoms with E-state index in [2.05, 4.69) is 37.7 Å². The van der Waals surface area contributed by atoms with Crippen molar-refractivity contribution in [3.63, 3.8) is 0 Å². The highest BCUT2D eigenvalue weighted by Crippen LogP contribution is 2.42. The van der Waals surface area contributed by atoms with Gasteiger partial charge in [0.25, 0.3) is 0 Å². The first-order chi connectivity index (χ1) is 16.9. The van der Waals surface area contributed by atoms with Crippen molar-refractivity contribution in [2.75, 3.05) is 0 Å². The molecule has 7 nitrogen and oxygen atoms in total. The molecular formula is C27H25N5O2S. The summed E-state index contributed by atoms with van der Waals surface area (Å²) in [6.07, 6.45) is 3.58. The van der Waals surface area contributed by atoms with Crippen LogP contribution in [0.5, 0.6) is 0 Å². The van der Waals surface area contributed by atoms with Crippen molar-refractivity contribution < 1.29 is 9.90 Å². The molecule has 1 aromatic carbocycles. The molecule has 0 unspecified atom stereocenters. The summed E-state index contributed by atoms with van der Waals surface area (Å²) in [7, 11) is 0. The van der Waals surface area contributed by atoms with Crippen molar-refractivity contribution in [3.8, 4) is 5.69 Å². The minimum Gasteiger partial charge on any atom is -0.478 e. The number of carbonyl (C=O) groups is 1. The highest BCUT2D eigenvalue weighted by Gasteiger charge is 2.41. The predicted octanol–water partition coefficient (Wildman–Crippen LogP) is 4.76. The number of nitrogens with one attached hydrogen (secondary N) is 1. The van der Waals surface area contributed by atoms with Gasteiger partial charge in [0.1, 0.15) is 0 Å². The Kier molecular flexibility index (Phi) is 6.05. The number of hydrogen-bond donors (Lipinski definition) is 2. The van der Waals surface area contributed by atoms with E-state index in [9.17, 15) is 9.90 Å². The largest absolute Gasteiger partial charge is 0.478 e. The minimum absolute atomic E-state index is 0.123. The molecule has 0 bridgehead atoms. The second-order valence-corrected chi connectivity index (χ2v) is 8.98. The fourth-order valence-electron chi connectivity index (χ4n) is 4.84. The molecule has 1 aliphatic heterocycles. The number of rotatable bonds is 6. The van der Waals surface area contributed by atoms with Crippen molar-refractivity contribution in [1.82, 2.24) is 24.8 Å². The van der Waals surface area contributed by atoms with Crippen LogP contribution in [0.15, 0.2) is 79.1 Å². The van der Waals surface area contributed by atoms with Crippen LogP contribution in [0.2, 0.25) is 0 Å². The molecule has 1 saturated heterocycles. The summed E-state index contributed by atoms with van der Waals surface area (Å²) >= 11 is 5.80. The average molecular weight is 484 g/mol. The summed E-state index contributed by atoms with van der Waals surface area (Å²) < 4.78 is 2.09. The lowest BCUT2D eigenvalue weighted by Crippen LogP contribution is -2.29. The summed E-state index contributed by atoms with van der Waals surface area (Å²) in [5, 5.41) is 13.6. The van der Waals surface area contributed by atoms with Crippen LogP contribution in [0.1, 0.15) is 50.8 Å². The highest BCUT2D eigenvalue weighted by molar-refractivity contribution is 7.80. The zero-order chi connectivity index (χ0) is 24.5. The fraction of sp³-hybridized carbons (Fsp3) is 0.185. The van der Waals surface area contributed by atoms with Gasteiger partial charge in [-0.05, 0) is 80.2 Å². The van der Waals surface area contributed by atoms with Crippen molar-refractivity contribution in [2.45, 2.75) is 32.5 Å². The molecule has 0 aliphatic carbocycles. The normalized spacial score (nSPS) is 17.4. The van der Waals surface area contributed by atoms with Gasteiger partial charge in [-0.15, -0.1) is 0 Å². The van der Waals surface area contributed by atoms with Gasteiger partial charge in [0.15, 0.2) is 5.11 Å². The maximum atomic E-state index is 11.6. The maximum absolute atomic E-state index is 11.6. The molecule has 0 radical (unpaired) electrons. The number of benzene rings is 1. The summed E-state index contributed by atoms with van der Waals surface area (Å²) in [5.74, 6) is -0.948. The standard InChI is InChI=1S/C27H25N5O2S/c1-17-14-22(18(2)32(17)21-10-7-8-19(15-21)26(33)34)25-24(23-11-4-6-13-29-23)30-27(35)31(25)16-20-9-3-5-12-28-20/h3-15,24-25H,16H2,1-2H3,(H,30,35)(H,33,34)/t24-,25+/m0/s1. The van der Waals surface area contributed by atoms with Crippen LogP contribution in [0, 0.1) is 13.8 Å². The molecule has 35 heavy (non-hydrogen) atoms. The Balaban J connectivity index is 1.62. The third-order valence-corrected chi connectivity index (χ3v) is 6.75. The number of hydrogen-bond acceptors (Lipinski definition) is 4. The maximum Gasteiger partial charge on any atom is 0.335 e. The van der Waals surface area contributed by atoms with Gasteiger partial charge >= 0.3 is 5.97 Å². The predicted molar refractivity (Wildman–Crippen MR) is 137 cm³/mol. The molecule has 5 rings (SSSR count). The van der Waals surface area contributed by atoms with Gasteiger partial charge in [-0.2, -0.15) is 0 Å². The molecule has 176 valence electrons. The third-order valence-electron chi connectivity index (χ3n) is 6.40. The van der Waals surface area contributed by atoms with E-state index in [4.69, 9.17) is 12.2 Å². The van der Waals surface area contributed by atoms with E-state index in [1.165, 1.54) is 0 Å². The lowest BCUT2D eigenvalue weighted by molar-refractivity contribution is 0.0697. The van der Waals surface area contributed by atoms with Crippen LogP contribution in [0.25, 0.3) is 5.69 Å². The minimum atomic E-state index is -0.948. The molecule has 2 atom stereocenters. The molecule has 8 heteroatoms. The van der Waals surface area contributed by atoms with Crippen LogP contribution < -0.4 is 5.32 Å². The lowest BCUT2D eigenvalue weighted by Gasteiger charge is -2.28. The first-order valence-electron chi connectivity index (χ1n) is 11.3. The topological polar surface area (TPSA) is 83.3 Å². The van der Waals surface area contributed by atoms with E-state index in [-0.39, 0.29) is 17.6 Å². The number of carboxylic acids is 1. The van der Waals surface area contributed by atoms with Crippen LogP contribution in [0.4, 0.5) is 0 Å². The van der Waals surface area contributed by atoms with Crippen LogP contribution in [-0.4, -0.2) is 35.6 Å². The lowest BCUT2D eigenvalue weighted by atomic mass is 9.96. The summed E-state index contributed by atoms with van der Waals surface area (Å²) in [6.45, 7) is 4.65. The molecule has 0 spiro atoms. The highest BCUT2D eigenvalue weighted by atomic mass is 32.1. The summed E-state index contributed by atoms with van der Waals surface area (Å²) in [5.41, 5.74) is 6.02. The molecule has 0 amide bonds. The van der Waals surface area contributed by atoms with Crippen molar-refractivity contribution >= 4 is 23.3 Å². The first kappa shape index (κ1) is 22.7. The Bertz CT molecular complexity index is 1390. The summed E-state index contributed by atoms with van der Waals surface area (Å²) in [4.78, 5) is 22.9. The fourth-order valence-corrected chi connectivity index (χ4v) is 5.15. The molecule has 2 N–H and O–H groups in total.